The van der Waals surface area contributed by atoms with Crippen molar-refractivity contribution in [3.8, 4) is 0 Å². The van der Waals surface area contributed by atoms with Crippen LogP contribution in [0.4, 0.5) is 0 Å². The van der Waals surface area contributed by atoms with Crippen molar-refractivity contribution >= 4 is 22.3 Å². The Morgan fingerprint density at radius 2 is 2.04 bits per heavy atom. The number of carbonyl (C=O) groups is 1. The topological polar surface area (TPSA) is 26.3 Å². The number of ether oxygens (including phenoxy) is 1. The van der Waals surface area contributed by atoms with E-state index >= 15 is 0 Å². The Kier molecular flexibility index (Phi) is 4.61. The Morgan fingerprint density at radius 1 is 1.26 bits per heavy atom. The Labute approximate surface area is 137 Å². The highest BCUT2D eigenvalue weighted by molar-refractivity contribution is 6.04. The number of unbranched alkanes of at least 4 members (excludes halogenated alkanes) is 1. The highest BCUT2D eigenvalue weighted by atomic mass is 16.5. The molecule has 1 unspecified atom stereocenters. The van der Waals surface area contributed by atoms with Gasteiger partial charge in [0.25, 0.3) is 0 Å². The van der Waals surface area contributed by atoms with E-state index in [2.05, 4.69) is 43.8 Å². The summed E-state index contributed by atoms with van der Waals surface area (Å²) in [7, 11) is 0. The van der Waals surface area contributed by atoms with Gasteiger partial charge >= 0.3 is 5.97 Å². The van der Waals surface area contributed by atoms with Gasteiger partial charge in [0.2, 0.25) is 0 Å². The van der Waals surface area contributed by atoms with Crippen LogP contribution in [0.3, 0.4) is 0 Å². The summed E-state index contributed by atoms with van der Waals surface area (Å²) in [5.74, 6) is -0.192. The van der Waals surface area contributed by atoms with Crippen LogP contribution in [0.5, 0.6) is 0 Å². The molecule has 2 heteroatoms. The van der Waals surface area contributed by atoms with Crippen LogP contribution < -0.4 is 0 Å². The number of rotatable bonds is 5. The molecule has 3 rings (SSSR count). The first-order valence-corrected chi connectivity index (χ1v) is 8.27. The number of allylic oxidation sites excluding steroid dienone is 1. The molecule has 1 aliphatic rings. The van der Waals surface area contributed by atoms with Crippen LogP contribution in [0.2, 0.25) is 0 Å². The van der Waals surface area contributed by atoms with E-state index in [9.17, 15) is 4.79 Å². The quantitative estimate of drug-likeness (QED) is 0.434. The Bertz CT molecular complexity index is 765. The molecule has 2 nitrogen and oxygen atoms in total. The Morgan fingerprint density at radius 3 is 2.83 bits per heavy atom. The first-order chi connectivity index (χ1) is 11.3. The van der Waals surface area contributed by atoms with Crippen LogP contribution in [-0.2, 0) is 9.53 Å². The van der Waals surface area contributed by atoms with Gasteiger partial charge in [0.1, 0.15) is 6.61 Å². The Hall–Kier alpha value is -2.35. The minimum atomic E-state index is -0.186. The molecule has 0 aromatic heterocycles. The molecule has 0 spiro atoms. The van der Waals surface area contributed by atoms with Crippen molar-refractivity contribution < 1.29 is 9.53 Å². The summed E-state index contributed by atoms with van der Waals surface area (Å²) in [6.45, 7) is 6.46. The lowest BCUT2D eigenvalue weighted by atomic mass is 9.87. The molecule has 1 saturated heterocycles. The molecule has 2 aromatic carbocycles. The summed E-state index contributed by atoms with van der Waals surface area (Å²) in [4.78, 5) is 12.3. The van der Waals surface area contributed by atoms with E-state index < -0.39 is 0 Å². The molecule has 0 bridgehead atoms. The summed E-state index contributed by atoms with van der Waals surface area (Å²) >= 11 is 0. The SMILES string of the molecule is C=CC1COC(=O)/C1=C(\CCCC)c1cccc2ccccc12. The summed E-state index contributed by atoms with van der Waals surface area (Å²) in [6, 6.07) is 14.6. The molecule has 1 atom stereocenters. The zero-order valence-corrected chi connectivity index (χ0v) is 13.5. The van der Waals surface area contributed by atoms with Crippen molar-refractivity contribution in [2.24, 2.45) is 5.92 Å². The van der Waals surface area contributed by atoms with Crippen molar-refractivity contribution in [2.75, 3.05) is 6.61 Å². The molecule has 0 aliphatic carbocycles. The predicted molar refractivity (Wildman–Crippen MR) is 95.0 cm³/mol. The number of esters is 1. The third-order valence-corrected chi connectivity index (χ3v) is 4.49. The molecule has 0 radical (unpaired) electrons. The summed E-state index contributed by atoms with van der Waals surface area (Å²) in [5, 5.41) is 2.39. The molecule has 1 fully saturated rings. The fourth-order valence-electron chi connectivity index (χ4n) is 3.27. The van der Waals surface area contributed by atoms with Gasteiger partial charge in [-0.3, -0.25) is 0 Å². The average Bonchev–Trinajstić information content (AvgIpc) is 2.96. The number of fused-ring (bicyclic) bond motifs is 1. The van der Waals surface area contributed by atoms with Crippen LogP contribution in [0.1, 0.15) is 31.7 Å². The second-order valence-corrected chi connectivity index (χ2v) is 5.96. The highest BCUT2D eigenvalue weighted by Gasteiger charge is 2.31. The Balaban J connectivity index is 2.23. The molecule has 1 aliphatic heterocycles. The van der Waals surface area contributed by atoms with E-state index in [0.29, 0.717) is 6.61 Å². The zero-order chi connectivity index (χ0) is 16.2. The normalized spacial score (nSPS) is 19.7. The van der Waals surface area contributed by atoms with E-state index in [1.807, 2.05) is 18.2 Å². The largest absolute Gasteiger partial charge is 0.461 e. The van der Waals surface area contributed by atoms with E-state index in [1.165, 1.54) is 10.8 Å². The van der Waals surface area contributed by atoms with Gasteiger partial charge in [-0.15, -0.1) is 6.58 Å². The third kappa shape index (κ3) is 2.94. The van der Waals surface area contributed by atoms with Gasteiger partial charge in [-0.2, -0.15) is 0 Å². The van der Waals surface area contributed by atoms with Gasteiger partial charge < -0.3 is 4.74 Å². The van der Waals surface area contributed by atoms with Gasteiger partial charge in [0.05, 0.1) is 5.57 Å². The van der Waals surface area contributed by atoms with E-state index in [4.69, 9.17) is 4.74 Å². The van der Waals surface area contributed by atoms with Crippen LogP contribution >= 0.6 is 0 Å². The second kappa shape index (κ2) is 6.82. The number of carbonyl (C=O) groups excluding carboxylic acids is 1. The minimum Gasteiger partial charge on any atom is -0.461 e. The number of cyclic esters (lactones) is 1. The summed E-state index contributed by atoms with van der Waals surface area (Å²) < 4.78 is 5.30. The molecular formula is C21H22O2. The van der Waals surface area contributed by atoms with Crippen LogP contribution in [0.25, 0.3) is 16.3 Å². The van der Waals surface area contributed by atoms with E-state index in [1.54, 1.807) is 0 Å². The van der Waals surface area contributed by atoms with Crippen molar-refractivity contribution in [2.45, 2.75) is 26.2 Å². The molecule has 0 saturated carbocycles. The van der Waals surface area contributed by atoms with Gasteiger partial charge in [-0.1, -0.05) is 61.9 Å². The average molecular weight is 306 g/mol. The summed E-state index contributed by atoms with van der Waals surface area (Å²) in [6.07, 6.45) is 4.87. The first kappa shape index (κ1) is 15.5. The maximum Gasteiger partial charge on any atom is 0.335 e. The van der Waals surface area contributed by atoms with E-state index in [-0.39, 0.29) is 11.9 Å². The highest BCUT2D eigenvalue weighted by Crippen LogP contribution is 2.36. The van der Waals surface area contributed by atoms with Crippen LogP contribution in [-0.4, -0.2) is 12.6 Å². The van der Waals surface area contributed by atoms with Crippen LogP contribution in [0, 0.1) is 5.92 Å². The van der Waals surface area contributed by atoms with Crippen molar-refractivity contribution in [1.29, 1.82) is 0 Å². The number of hydrogen-bond acceptors (Lipinski definition) is 2. The lowest BCUT2D eigenvalue weighted by Crippen LogP contribution is -2.05. The fourth-order valence-corrected chi connectivity index (χ4v) is 3.27. The van der Waals surface area contributed by atoms with Gasteiger partial charge in [0, 0.05) is 5.92 Å². The summed E-state index contributed by atoms with van der Waals surface area (Å²) in [5.41, 5.74) is 3.07. The molecule has 118 valence electrons. The minimum absolute atomic E-state index is 0.00618. The molecule has 0 N–H and O–H groups in total. The van der Waals surface area contributed by atoms with Crippen molar-refractivity contribution in [3.05, 3.63) is 66.3 Å². The van der Waals surface area contributed by atoms with Gasteiger partial charge in [-0.25, -0.2) is 4.79 Å². The van der Waals surface area contributed by atoms with Gasteiger partial charge in [-0.05, 0) is 34.8 Å². The smallest absolute Gasteiger partial charge is 0.335 e. The van der Waals surface area contributed by atoms with E-state index in [0.717, 1.165) is 36.0 Å². The van der Waals surface area contributed by atoms with Gasteiger partial charge in [0.15, 0.2) is 0 Å². The zero-order valence-electron chi connectivity index (χ0n) is 13.5. The lowest BCUT2D eigenvalue weighted by molar-refractivity contribution is -0.135. The second-order valence-electron chi connectivity index (χ2n) is 5.96. The molecule has 0 amide bonds. The van der Waals surface area contributed by atoms with Crippen LogP contribution in [0.15, 0.2) is 60.7 Å². The molecular weight excluding hydrogens is 284 g/mol. The number of benzene rings is 2. The molecule has 1 heterocycles. The van der Waals surface area contributed by atoms with Crippen molar-refractivity contribution in [1.82, 2.24) is 0 Å². The lowest BCUT2D eigenvalue weighted by Gasteiger charge is -2.15. The monoisotopic (exact) mass is 306 g/mol. The molecule has 23 heavy (non-hydrogen) atoms. The molecule has 2 aromatic rings. The predicted octanol–water partition coefficient (Wildman–Crippen LogP) is 5.14. The fraction of sp³-hybridized carbons (Fsp3) is 0.286. The standard InChI is InChI=1S/C21H22O2/c1-3-5-11-19(20-15(4-2)14-23-21(20)22)18-13-8-10-16-9-6-7-12-17(16)18/h4,6-10,12-13,15H,2-3,5,11,14H2,1H3/b20-19+. The third-order valence-electron chi connectivity index (χ3n) is 4.49. The maximum atomic E-state index is 12.3. The van der Waals surface area contributed by atoms with Crippen molar-refractivity contribution in [3.63, 3.8) is 0 Å². The maximum absolute atomic E-state index is 12.3. The number of hydrogen-bond donors (Lipinski definition) is 0. The first-order valence-electron chi connectivity index (χ1n) is 8.27.